The lowest BCUT2D eigenvalue weighted by molar-refractivity contribution is -0.870. The Morgan fingerprint density at radius 1 is 0.534 bits per heavy atom. The summed E-state index contributed by atoms with van der Waals surface area (Å²) >= 11 is 0. The number of rotatable bonds is 47. The topological polar surface area (TPSA) is 108 Å². The zero-order valence-corrected chi connectivity index (χ0v) is 40.4. The number of hydrogen-bond acceptors (Lipinski definition) is 6. The second-order valence-electron chi connectivity index (χ2n) is 18.9. The molecule has 1 amide bonds. The molecule has 0 rings (SSSR count). The van der Waals surface area contributed by atoms with Crippen molar-refractivity contribution in [2.24, 2.45) is 0 Å². The van der Waals surface area contributed by atoms with Gasteiger partial charge in [-0.1, -0.05) is 239 Å². The molecule has 0 aromatic heterocycles. The summed E-state index contributed by atoms with van der Waals surface area (Å²) in [6, 6.07) is -0.790. The minimum Gasteiger partial charge on any atom is -0.756 e. The number of aliphatic hydroxyl groups is 1. The first kappa shape index (κ1) is 57.5. The van der Waals surface area contributed by atoms with E-state index in [0.717, 1.165) is 38.5 Å². The number of hydrogen-bond donors (Lipinski definition) is 2. The Morgan fingerprint density at radius 3 is 1.17 bits per heavy atom. The second kappa shape index (κ2) is 41.8. The highest BCUT2D eigenvalue weighted by Gasteiger charge is 2.24. The fourth-order valence-corrected chi connectivity index (χ4v) is 8.53. The van der Waals surface area contributed by atoms with E-state index in [9.17, 15) is 19.4 Å². The van der Waals surface area contributed by atoms with E-state index in [1.807, 2.05) is 21.1 Å². The molecular formula is C49H101N2O6P. The van der Waals surface area contributed by atoms with Crippen molar-refractivity contribution in [3.63, 3.8) is 0 Å². The van der Waals surface area contributed by atoms with Gasteiger partial charge in [-0.3, -0.25) is 9.36 Å². The summed E-state index contributed by atoms with van der Waals surface area (Å²) in [4.78, 5) is 24.8. The number of aliphatic hydroxyl groups excluding tert-OH is 1. The average Bonchev–Trinajstić information content (AvgIpc) is 3.17. The zero-order chi connectivity index (χ0) is 42.8. The molecular weight excluding hydrogens is 744 g/mol. The molecule has 0 aliphatic rings. The third-order valence-corrected chi connectivity index (χ3v) is 12.8. The van der Waals surface area contributed by atoms with E-state index in [0.29, 0.717) is 23.9 Å². The Kier molecular flexibility index (Phi) is 41.5. The molecule has 0 spiro atoms. The Morgan fingerprint density at radius 2 is 0.845 bits per heavy atom. The summed E-state index contributed by atoms with van der Waals surface area (Å²) in [6.45, 7) is 4.57. The lowest BCUT2D eigenvalue weighted by Crippen LogP contribution is -2.46. The summed E-state index contributed by atoms with van der Waals surface area (Å²) < 4.78 is 23.0. The van der Waals surface area contributed by atoms with E-state index in [1.54, 1.807) is 0 Å². The number of carbonyl (C=O) groups is 1. The molecule has 0 radical (unpaired) electrons. The number of carbonyl (C=O) groups excluding carboxylic acids is 1. The Balaban J connectivity index is 3.68. The maximum atomic E-state index is 12.5. The minimum absolute atomic E-state index is 0.0145. The highest BCUT2D eigenvalue weighted by molar-refractivity contribution is 7.45. The van der Waals surface area contributed by atoms with Crippen LogP contribution < -0.4 is 10.2 Å². The van der Waals surface area contributed by atoms with Gasteiger partial charge in [0.2, 0.25) is 5.91 Å². The number of phosphoric acid groups is 1. The summed E-state index contributed by atoms with van der Waals surface area (Å²) in [5, 5.41) is 13.7. The quantitative estimate of drug-likeness (QED) is 0.0359. The standard InChI is InChI=1S/C49H101N2O6P/c1-6-8-10-11-12-13-14-15-16-17-18-19-20-21-22-23-24-25-26-27-28-29-30-31-32-33-34-35-36-37-38-39-41-42-48(52)47(50-49(53)43-40-9-7-2)46-57-58(54,55)56-45-44-51(3,4)5/h47-48,52H,6-46H2,1-5H3,(H-,50,53,54,55). The second-order valence-corrected chi connectivity index (χ2v) is 20.3. The van der Waals surface area contributed by atoms with Crippen LogP contribution in [0.5, 0.6) is 0 Å². The van der Waals surface area contributed by atoms with Crippen LogP contribution in [0.15, 0.2) is 0 Å². The Bertz CT molecular complexity index is 916. The van der Waals surface area contributed by atoms with Gasteiger partial charge in [0.1, 0.15) is 13.2 Å². The fraction of sp³-hybridized carbons (Fsp3) is 0.980. The molecule has 0 saturated heterocycles. The molecule has 0 bridgehead atoms. The van der Waals surface area contributed by atoms with Crippen molar-refractivity contribution < 1.29 is 32.9 Å². The van der Waals surface area contributed by atoms with Crippen molar-refractivity contribution in [2.45, 2.75) is 270 Å². The average molecular weight is 845 g/mol. The van der Waals surface area contributed by atoms with Crippen molar-refractivity contribution in [2.75, 3.05) is 40.9 Å². The molecule has 0 aliphatic carbocycles. The molecule has 0 aliphatic heterocycles. The first-order valence-corrected chi connectivity index (χ1v) is 26.8. The normalized spacial score (nSPS) is 14.1. The van der Waals surface area contributed by atoms with Gasteiger partial charge in [-0.25, -0.2) is 0 Å². The van der Waals surface area contributed by atoms with Crippen molar-refractivity contribution in [1.82, 2.24) is 5.32 Å². The van der Waals surface area contributed by atoms with E-state index >= 15 is 0 Å². The van der Waals surface area contributed by atoms with Gasteiger partial charge in [0.15, 0.2) is 0 Å². The van der Waals surface area contributed by atoms with Gasteiger partial charge in [-0.05, 0) is 12.8 Å². The van der Waals surface area contributed by atoms with E-state index < -0.39 is 20.0 Å². The van der Waals surface area contributed by atoms with E-state index in [2.05, 4.69) is 19.2 Å². The lowest BCUT2D eigenvalue weighted by Gasteiger charge is -2.30. The SMILES string of the molecule is CCCCCCCCCCCCCCCCCCCCCCCCCCCCCCCCCCCC(O)C(COP(=O)([O-])OCC[N+](C)(C)C)NC(=O)CCCCC. The van der Waals surface area contributed by atoms with E-state index in [1.165, 1.54) is 193 Å². The number of likely N-dealkylation sites (N-methyl/N-ethyl adjacent to an activating group) is 1. The highest BCUT2D eigenvalue weighted by Crippen LogP contribution is 2.38. The van der Waals surface area contributed by atoms with Crippen molar-refractivity contribution in [3.05, 3.63) is 0 Å². The molecule has 0 fully saturated rings. The van der Waals surface area contributed by atoms with E-state index in [4.69, 9.17) is 9.05 Å². The predicted molar refractivity (Wildman–Crippen MR) is 247 cm³/mol. The molecule has 348 valence electrons. The molecule has 0 saturated carbocycles. The van der Waals surface area contributed by atoms with Crippen LogP contribution in [0.4, 0.5) is 0 Å². The summed E-state index contributed by atoms with van der Waals surface area (Å²) in [5.41, 5.74) is 0. The molecule has 58 heavy (non-hydrogen) atoms. The molecule has 9 heteroatoms. The highest BCUT2D eigenvalue weighted by atomic mass is 31.2. The molecule has 3 unspecified atom stereocenters. The van der Waals surface area contributed by atoms with E-state index in [-0.39, 0.29) is 19.1 Å². The maximum Gasteiger partial charge on any atom is 0.268 e. The third kappa shape index (κ3) is 43.6. The number of unbranched alkanes of at least 4 members (excludes halogenated alkanes) is 34. The molecule has 0 aromatic carbocycles. The monoisotopic (exact) mass is 845 g/mol. The van der Waals surface area contributed by atoms with Crippen LogP contribution in [0.2, 0.25) is 0 Å². The lowest BCUT2D eigenvalue weighted by atomic mass is 10.0. The molecule has 0 heterocycles. The molecule has 3 atom stereocenters. The smallest absolute Gasteiger partial charge is 0.268 e. The van der Waals surface area contributed by atoms with Gasteiger partial charge in [-0.2, -0.15) is 0 Å². The van der Waals surface area contributed by atoms with Crippen molar-refractivity contribution in [3.8, 4) is 0 Å². The largest absolute Gasteiger partial charge is 0.756 e. The van der Waals surface area contributed by atoms with Crippen molar-refractivity contribution >= 4 is 13.7 Å². The van der Waals surface area contributed by atoms with Crippen LogP contribution in [0.3, 0.4) is 0 Å². The van der Waals surface area contributed by atoms with Gasteiger partial charge in [0.05, 0.1) is 39.9 Å². The Labute approximate surface area is 361 Å². The molecule has 0 aromatic rings. The first-order chi connectivity index (χ1) is 28.0. The number of nitrogens with zero attached hydrogens (tertiary/aromatic N) is 1. The maximum absolute atomic E-state index is 12.5. The van der Waals surface area contributed by atoms with Crippen LogP contribution in [0, 0.1) is 0 Å². The van der Waals surface area contributed by atoms with Gasteiger partial charge in [0, 0.05) is 6.42 Å². The summed E-state index contributed by atoms with van der Waals surface area (Å²) in [5.74, 6) is -0.186. The van der Waals surface area contributed by atoms with Gasteiger partial charge >= 0.3 is 0 Å². The van der Waals surface area contributed by atoms with Gasteiger partial charge < -0.3 is 28.8 Å². The van der Waals surface area contributed by atoms with Gasteiger partial charge in [-0.15, -0.1) is 0 Å². The minimum atomic E-state index is -4.54. The van der Waals surface area contributed by atoms with Crippen LogP contribution in [0.25, 0.3) is 0 Å². The summed E-state index contributed by atoms with van der Waals surface area (Å²) in [7, 11) is 1.31. The zero-order valence-electron chi connectivity index (χ0n) is 39.5. The molecule has 8 nitrogen and oxygen atoms in total. The van der Waals surface area contributed by atoms with Gasteiger partial charge in [0.25, 0.3) is 7.82 Å². The number of phosphoric ester groups is 1. The Hall–Kier alpha value is -0.500. The first-order valence-electron chi connectivity index (χ1n) is 25.4. The van der Waals surface area contributed by atoms with Crippen LogP contribution in [-0.2, 0) is 18.4 Å². The number of quaternary nitrogens is 1. The third-order valence-electron chi connectivity index (χ3n) is 11.8. The summed E-state index contributed by atoms with van der Waals surface area (Å²) in [6.07, 6.45) is 48.1. The number of nitrogens with one attached hydrogen (secondary N) is 1. The van der Waals surface area contributed by atoms with Crippen LogP contribution in [-0.4, -0.2) is 68.5 Å². The van der Waals surface area contributed by atoms with Crippen LogP contribution >= 0.6 is 7.82 Å². The predicted octanol–water partition coefficient (Wildman–Crippen LogP) is 13.9. The number of amides is 1. The van der Waals surface area contributed by atoms with Crippen LogP contribution in [0.1, 0.15) is 258 Å². The molecule has 2 N–H and O–H groups in total. The van der Waals surface area contributed by atoms with Crippen molar-refractivity contribution in [1.29, 1.82) is 0 Å². The fourth-order valence-electron chi connectivity index (χ4n) is 7.81.